The van der Waals surface area contributed by atoms with Crippen LogP contribution in [0.3, 0.4) is 0 Å². The summed E-state index contributed by atoms with van der Waals surface area (Å²) in [6, 6.07) is 15.0. The topological polar surface area (TPSA) is 38.3 Å². The van der Waals surface area contributed by atoms with Gasteiger partial charge in [-0.25, -0.2) is 0 Å². The van der Waals surface area contributed by atoms with Crippen LogP contribution in [0.25, 0.3) is 0 Å². The molecule has 0 bridgehead atoms. The van der Waals surface area contributed by atoms with Gasteiger partial charge in [-0.1, -0.05) is 48.0 Å². The largest absolute Gasteiger partial charge is 0.479 e. The Labute approximate surface area is 136 Å². The van der Waals surface area contributed by atoms with Crippen LogP contribution in [-0.4, -0.2) is 12.0 Å². The molecule has 0 fully saturated rings. The lowest BCUT2D eigenvalue weighted by atomic mass is 10.0. The minimum Gasteiger partial charge on any atom is -0.479 e. The van der Waals surface area contributed by atoms with Gasteiger partial charge in [0.2, 0.25) is 0 Å². The molecular weight excluding hydrogens is 298 g/mol. The summed E-state index contributed by atoms with van der Waals surface area (Å²) in [5.41, 5.74) is 2.25. The van der Waals surface area contributed by atoms with Gasteiger partial charge in [0.15, 0.2) is 6.10 Å². The summed E-state index contributed by atoms with van der Waals surface area (Å²) in [6.07, 6.45) is -0.619. The van der Waals surface area contributed by atoms with E-state index in [0.717, 1.165) is 11.1 Å². The normalized spacial score (nSPS) is 13.3. The molecule has 2 unspecified atom stereocenters. The van der Waals surface area contributed by atoms with Crippen molar-refractivity contribution in [3.63, 3.8) is 0 Å². The summed E-state index contributed by atoms with van der Waals surface area (Å²) in [5.74, 6) is 0.339. The number of ether oxygens (including phenoxy) is 1. The number of benzene rings is 2. The van der Waals surface area contributed by atoms with Gasteiger partial charge in [-0.05, 0) is 44.0 Å². The van der Waals surface area contributed by atoms with E-state index in [9.17, 15) is 4.79 Å². The average molecular weight is 318 g/mol. The van der Waals surface area contributed by atoms with Gasteiger partial charge in [-0.15, -0.1) is 0 Å². The molecule has 0 aliphatic rings. The first kappa shape index (κ1) is 16.4. The van der Waals surface area contributed by atoms with Crippen LogP contribution in [0.15, 0.2) is 48.5 Å². The van der Waals surface area contributed by atoms with Crippen molar-refractivity contribution in [2.45, 2.75) is 32.9 Å². The van der Waals surface area contributed by atoms with E-state index >= 15 is 0 Å². The van der Waals surface area contributed by atoms with E-state index in [4.69, 9.17) is 16.3 Å². The lowest BCUT2D eigenvalue weighted by Crippen LogP contribution is -2.38. The smallest absolute Gasteiger partial charge is 0.261 e. The zero-order valence-electron chi connectivity index (χ0n) is 13.0. The third-order valence-electron chi connectivity index (χ3n) is 3.52. The molecule has 0 saturated carbocycles. The van der Waals surface area contributed by atoms with Crippen molar-refractivity contribution in [2.75, 3.05) is 0 Å². The van der Waals surface area contributed by atoms with Crippen molar-refractivity contribution in [2.24, 2.45) is 0 Å². The van der Waals surface area contributed by atoms with E-state index in [1.807, 2.05) is 50.2 Å². The summed E-state index contributed by atoms with van der Waals surface area (Å²) in [4.78, 5) is 12.3. The first-order valence-electron chi connectivity index (χ1n) is 7.26. The fourth-order valence-corrected chi connectivity index (χ4v) is 2.45. The van der Waals surface area contributed by atoms with Gasteiger partial charge in [0, 0.05) is 0 Å². The molecule has 2 rings (SSSR count). The van der Waals surface area contributed by atoms with Crippen molar-refractivity contribution in [1.29, 1.82) is 0 Å². The zero-order chi connectivity index (χ0) is 16.1. The molecule has 116 valence electrons. The highest BCUT2D eigenvalue weighted by Crippen LogP contribution is 2.24. The highest BCUT2D eigenvalue weighted by Gasteiger charge is 2.19. The Balaban J connectivity index is 2.00. The standard InChI is InChI=1S/C18H20ClNO2/c1-12-8-4-5-9-15(12)13(2)20-18(21)14(3)22-17-11-7-6-10-16(17)19/h4-11,13-14H,1-3H3,(H,20,21). The van der Waals surface area contributed by atoms with Gasteiger partial charge in [-0.3, -0.25) is 4.79 Å². The summed E-state index contributed by atoms with van der Waals surface area (Å²) >= 11 is 6.04. The molecule has 1 N–H and O–H groups in total. The molecule has 0 aliphatic heterocycles. The summed E-state index contributed by atoms with van der Waals surface area (Å²) in [6.45, 7) is 5.70. The molecule has 3 nitrogen and oxygen atoms in total. The van der Waals surface area contributed by atoms with Crippen molar-refractivity contribution in [3.8, 4) is 5.75 Å². The fourth-order valence-electron chi connectivity index (χ4n) is 2.27. The summed E-state index contributed by atoms with van der Waals surface area (Å²) in [5, 5.41) is 3.46. The lowest BCUT2D eigenvalue weighted by molar-refractivity contribution is -0.127. The summed E-state index contributed by atoms with van der Waals surface area (Å²) in [7, 11) is 0. The Bertz CT molecular complexity index is 657. The van der Waals surface area contributed by atoms with E-state index in [2.05, 4.69) is 5.32 Å². The highest BCUT2D eigenvalue weighted by molar-refractivity contribution is 6.32. The maximum absolute atomic E-state index is 12.3. The maximum Gasteiger partial charge on any atom is 0.261 e. The number of hydrogen-bond donors (Lipinski definition) is 1. The monoisotopic (exact) mass is 317 g/mol. The third-order valence-corrected chi connectivity index (χ3v) is 3.84. The maximum atomic E-state index is 12.3. The van der Waals surface area contributed by atoms with E-state index in [1.165, 1.54) is 0 Å². The van der Waals surface area contributed by atoms with E-state index in [-0.39, 0.29) is 11.9 Å². The van der Waals surface area contributed by atoms with Crippen LogP contribution in [0.5, 0.6) is 5.75 Å². The molecule has 0 spiro atoms. The fraction of sp³-hybridized carbons (Fsp3) is 0.278. The number of para-hydroxylation sites is 1. The van der Waals surface area contributed by atoms with Crippen LogP contribution in [-0.2, 0) is 4.79 Å². The molecular formula is C18H20ClNO2. The van der Waals surface area contributed by atoms with Crippen molar-refractivity contribution < 1.29 is 9.53 Å². The van der Waals surface area contributed by atoms with Crippen LogP contribution in [0.4, 0.5) is 0 Å². The third kappa shape index (κ3) is 4.01. The predicted molar refractivity (Wildman–Crippen MR) is 89.3 cm³/mol. The first-order chi connectivity index (χ1) is 10.5. The predicted octanol–water partition coefficient (Wildman–Crippen LogP) is 4.29. The van der Waals surface area contributed by atoms with Crippen LogP contribution < -0.4 is 10.1 Å². The van der Waals surface area contributed by atoms with Crippen LogP contribution >= 0.6 is 11.6 Å². The second-order valence-electron chi connectivity index (χ2n) is 5.28. The lowest BCUT2D eigenvalue weighted by Gasteiger charge is -2.20. The molecule has 0 aromatic heterocycles. The molecule has 2 aromatic carbocycles. The Kier molecular flexibility index (Phi) is 5.45. The van der Waals surface area contributed by atoms with Gasteiger partial charge < -0.3 is 10.1 Å². The van der Waals surface area contributed by atoms with Crippen LogP contribution in [0.1, 0.15) is 31.0 Å². The number of hydrogen-bond acceptors (Lipinski definition) is 2. The number of nitrogens with one attached hydrogen (secondary N) is 1. The molecule has 0 aliphatic carbocycles. The van der Waals surface area contributed by atoms with Gasteiger partial charge in [0.05, 0.1) is 11.1 Å². The zero-order valence-corrected chi connectivity index (χ0v) is 13.7. The van der Waals surface area contributed by atoms with Gasteiger partial charge in [0.25, 0.3) is 5.91 Å². The van der Waals surface area contributed by atoms with E-state index in [1.54, 1.807) is 19.1 Å². The van der Waals surface area contributed by atoms with Crippen LogP contribution in [0, 0.1) is 6.92 Å². The van der Waals surface area contributed by atoms with Crippen molar-refractivity contribution in [3.05, 3.63) is 64.7 Å². The number of rotatable bonds is 5. The Morgan fingerprint density at radius 3 is 2.41 bits per heavy atom. The van der Waals surface area contributed by atoms with Gasteiger partial charge >= 0.3 is 0 Å². The quantitative estimate of drug-likeness (QED) is 0.893. The second kappa shape index (κ2) is 7.32. The number of amides is 1. The van der Waals surface area contributed by atoms with Crippen LogP contribution in [0.2, 0.25) is 5.02 Å². The molecule has 4 heteroatoms. The number of aryl methyl sites for hydroxylation is 1. The summed E-state index contributed by atoms with van der Waals surface area (Å²) < 4.78 is 5.63. The molecule has 1 amide bonds. The Hall–Kier alpha value is -2.00. The molecule has 0 heterocycles. The molecule has 2 atom stereocenters. The van der Waals surface area contributed by atoms with Crippen molar-refractivity contribution >= 4 is 17.5 Å². The first-order valence-corrected chi connectivity index (χ1v) is 7.64. The van der Waals surface area contributed by atoms with Gasteiger partial charge in [-0.2, -0.15) is 0 Å². The molecule has 0 saturated heterocycles. The Morgan fingerprint density at radius 2 is 1.73 bits per heavy atom. The van der Waals surface area contributed by atoms with E-state index < -0.39 is 6.10 Å². The number of carbonyl (C=O) groups is 1. The molecule has 2 aromatic rings. The highest BCUT2D eigenvalue weighted by atomic mass is 35.5. The second-order valence-corrected chi connectivity index (χ2v) is 5.68. The minimum absolute atomic E-state index is 0.0778. The number of carbonyl (C=O) groups excluding carboxylic acids is 1. The average Bonchev–Trinajstić information content (AvgIpc) is 2.49. The molecule has 0 radical (unpaired) electrons. The minimum atomic E-state index is -0.619. The van der Waals surface area contributed by atoms with Crippen molar-refractivity contribution in [1.82, 2.24) is 5.32 Å². The Morgan fingerprint density at radius 1 is 1.09 bits per heavy atom. The van der Waals surface area contributed by atoms with E-state index in [0.29, 0.717) is 10.8 Å². The molecule has 22 heavy (non-hydrogen) atoms. The number of halogens is 1. The SMILES string of the molecule is Cc1ccccc1C(C)NC(=O)C(C)Oc1ccccc1Cl. The van der Waals surface area contributed by atoms with Gasteiger partial charge in [0.1, 0.15) is 5.75 Å².